The van der Waals surface area contributed by atoms with Crippen molar-refractivity contribution in [3.8, 4) is 11.5 Å². The van der Waals surface area contributed by atoms with Gasteiger partial charge in [-0.1, -0.05) is 13.3 Å². The molecule has 0 aliphatic heterocycles. The van der Waals surface area contributed by atoms with E-state index < -0.39 is 0 Å². The van der Waals surface area contributed by atoms with Crippen LogP contribution in [0.1, 0.15) is 30.1 Å². The predicted molar refractivity (Wildman–Crippen MR) is 69.6 cm³/mol. The molecule has 0 aromatic heterocycles. The van der Waals surface area contributed by atoms with Gasteiger partial charge in [-0.15, -0.1) is 0 Å². The number of rotatable bonds is 6. The van der Waals surface area contributed by atoms with Gasteiger partial charge in [0.15, 0.2) is 11.5 Å². The van der Waals surface area contributed by atoms with E-state index in [1.54, 1.807) is 0 Å². The maximum atomic E-state index is 11.8. The molecule has 1 rings (SSSR count). The number of aromatic hydroxyl groups is 2. The van der Waals surface area contributed by atoms with Crippen LogP contribution in [0.3, 0.4) is 0 Å². The van der Waals surface area contributed by atoms with Gasteiger partial charge in [0.2, 0.25) is 0 Å². The van der Waals surface area contributed by atoms with Crippen molar-refractivity contribution in [3.05, 3.63) is 23.8 Å². The van der Waals surface area contributed by atoms with E-state index in [0.717, 1.165) is 12.8 Å². The summed E-state index contributed by atoms with van der Waals surface area (Å²) >= 11 is 0. The number of benzene rings is 1. The monoisotopic (exact) mass is 252 g/mol. The molecule has 0 saturated carbocycles. The second-order valence-electron chi connectivity index (χ2n) is 4.27. The van der Waals surface area contributed by atoms with Crippen molar-refractivity contribution in [1.82, 2.24) is 5.32 Å². The first-order valence-corrected chi connectivity index (χ1v) is 6.08. The van der Waals surface area contributed by atoms with Crippen LogP contribution in [0.2, 0.25) is 0 Å². The Balaban J connectivity index is 2.57. The Morgan fingerprint density at radius 2 is 2.11 bits per heavy atom. The molecule has 0 aliphatic rings. The van der Waals surface area contributed by atoms with E-state index in [1.165, 1.54) is 18.2 Å². The minimum atomic E-state index is -0.295. The summed E-state index contributed by atoms with van der Waals surface area (Å²) in [4.78, 5) is 11.8. The predicted octanol–water partition coefficient (Wildman–Crippen LogP) is 1.20. The molecule has 5 nitrogen and oxygen atoms in total. The molecule has 0 heterocycles. The van der Waals surface area contributed by atoms with Gasteiger partial charge in [0.25, 0.3) is 5.91 Å². The number of hydrogen-bond acceptors (Lipinski definition) is 4. The van der Waals surface area contributed by atoms with Crippen molar-refractivity contribution in [2.75, 3.05) is 13.1 Å². The largest absolute Gasteiger partial charge is 0.504 e. The molecular weight excluding hydrogens is 232 g/mol. The molecule has 1 aromatic carbocycles. The van der Waals surface area contributed by atoms with Crippen LogP contribution in [-0.4, -0.2) is 29.2 Å². The molecule has 0 fully saturated rings. The molecule has 1 atom stereocenters. The van der Waals surface area contributed by atoms with Crippen molar-refractivity contribution in [2.24, 2.45) is 11.7 Å². The lowest BCUT2D eigenvalue weighted by Gasteiger charge is -2.14. The molecule has 0 saturated heterocycles. The molecule has 5 N–H and O–H groups in total. The zero-order valence-electron chi connectivity index (χ0n) is 10.5. The number of nitrogens with two attached hydrogens (primary N) is 1. The summed E-state index contributed by atoms with van der Waals surface area (Å²) in [5.74, 6) is -0.428. The van der Waals surface area contributed by atoms with Crippen LogP contribution < -0.4 is 11.1 Å². The molecular formula is C13H20N2O3. The Morgan fingerprint density at radius 1 is 1.39 bits per heavy atom. The first kappa shape index (κ1) is 14.3. The highest BCUT2D eigenvalue weighted by Gasteiger charge is 2.11. The second-order valence-corrected chi connectivity index (χ2v) is 4.27. The van der Waals surface area contributed by atoms with Crippen molar-refractivity contribution < 1.29 is 15.0 Å². The number of carbonyl (C=O) groups excluding carboxylic acids is 1. The van der Waals surface area contributed by atoms with E-state index in [9.17, 15) is 9.90 Å². The summed E-state index contributed by atoms with van der Waals surface area (Å²) in [5, 5.41) is 21.3. The van der Waals surface area contributed by atoms with Crippen LogP contribution in [-0.2, 0) is 0 Å². The van der Waals surface area contributed by atoms with E-state index >= 15 is 0 Å². The number of carbonyl (C=O) groups is 1. The highest BCUT2D eigenvalue weighted by Crippen LogP contribution is 2.24. The summed E-state index contributed by atoms with van der Waals surface area (Å²) in [5.41, 5.74) is 5.81. The molecule has 1 amide bonds. The molecule has 0 aliphatic carbocycles. The van der Waals surface area contributed by atoms with E-state index in [1.807, 2.05) is 0 Å². The lowest BCUT2D eigenvalue weighted by atomic mass is 10.0. The van der Waals surface area contributed by atoms with Crippen LogP contribution in [0, 0.1) is 5.92 Å². The summed E-state index contributed by atoms with van der Waals surface area (Å²) in [6.07, 6.45) is 1.83. The SMILES string of the molecule is CCC(CCN)CNC(=O)c1ccc(O)c(O)c1. The Morgan fingerprint density at radius 3 is 2.67 bits per heavy atom. The fourth-order valence-corrected chi connectivity index (χ4v) is 1.69. The zero-order chi connectivity index (χ0) is 13.5. The molecule has 100 valence electrons. The Bertz CT molecular complexity index is 407. The smallest absolute Gasteiger partial charge is 0.251 e. The third-order valence-corrected chi connectivity index (χ3v) is 2.94. The Labute approximate surface area is 107 Å². The Hall–Kier alpha value is -1.75. The number of phenolic OH excluding ortho intramolecular Hbond substituents is 2. The van der Waals surface area contributed by atoms with Gasteiger partial charge in [-0.2, -0.15) is 0 Å². The number of hydrogen-bond donors (Lipinski definition) is 4. The second kappa shape index (κ2) is 6.86. The average Bonchev–Trinajstić information content (AvgIpc) is 2.37. The molecule has 5 heteroatoms. The summed E-state index contributed by atoms with van der Waals surface area (Å²) in [6.45, 7) is 3.22. The fourth-order valence-electron chi connectivity index (χ4n) is 1.69. The van der Waals surface area contributed by atoms with Crippen molar-refractivity contribution >= 4 is 5.91 Å². The van der Waals surface area contributed by atoms with Gasteiger partial charge in [-0.3, -0.25) is 4.79 Å². The number of amides is 1. The summed E-state index contributed by atoms with van der Waals surface area (Å²) in [6, 6.07) is 4.00. The normalized spacial score (nSPS) is 12.1. The van der Waals surface area contributed by atoms with Gasteiger partial charge in [0, 0.05) is 12.1 Å². The summed E-state index contributed by atoms with van der Waals surface area (Å²) < 4.78 is 0. The topological polar surface area (TPSA) is 95.6 Å². The first-order valence-electron chi connectivity index (χ1n) is 6.08. The lowest BCUT2D eigenvalue weighted by molar-refractivity contribution is 0.0945. The quantitative estimate of drug-likeness (QED) is 0.572. The molecule has 0 spiro atoms. The van der Waals surface area contributed by atoms with Crippen molar-refractivity contribution in [1.29, 1.82) is 0 Å². The highest BCUT2D eigenvalue weighted by atomic mass is 16.3. The third-order valence-electron chi connectivity index (χ3n) is 2.94. The maximum Gasteiger partial charge on any atom is 0.251 e. The van der Waals surface area contributed by atoms with E-state index in [4.69, 9.17) is 10.8 Å². The first-order chi connectivity index (χ1) is 8.58. The minimum absolute atomic E-state index is 0.235. The standard InChI is InChI=1S/C13H20N2O3/c1-2-9(5-6-14)8-15-13(18)10-3-4-11(16)12(17)7-10/h3-4,7,9,16-17H,2,5-6,8,14H2,1H3,(H,15,18). The van der Waals surface area contributed by atoms with Gasteiger partial charge >= 0.3 is 0 Å². The van der Waals surface area contributed by atoms with E-state index in [-0.39, 0.29) is 17.4 Å². The average molecular weight is 252 g/mol. The molecule has 18 heavy (non-hydrogen) atoms. The molecule has 0 bridgehead atoms. The minimum Gasteiger partial charge on any atom is -0.504 e. The van der Waals surface area contributed by atoms with Gasteiger partial charge in [-0.05, 0) is 37.1 Å². The van der Waals surface area contributed by atoms with Crippen LogP contribution >= 0.6 is 0 Å². The molecule has 1 unspecified atom stereocenters. The van der Waals surface area contributed by atoms with Gasteiger partial charge in [0.1, 0.15) is 0 Å². The van der Waals surface area contributed by atoms with E-state index in [2.05, 4.69) is 12.2 Å². The van der Waals surface area contributed by atoms with Gasteiger partial charge in [-0.25, -0.2) is 0 Å². The number of nitrogens with one attached hydrogen (secondary N) is 1. The molecule has 0 radical (unpaired) electrons. The lowest BCUT2D eigenvalue weighted by Crippen LogP contribution is -2.30. The van der Waals surface area contributed by atoms with Crippen LogP contribution in [0.4, 0.5) is 0 Å². The third kappa shape index (κ3) is 3.92. The van der Waals surface area contributed by atoms with Crippen LogP contribution in [0.15, 0.2) is 18.2 Å². The number of phenols is 2. The van der Waals surface area contributed by atoms with Crippen LogP contribution in [0.25, 0.3) is 0 Å². The van der Waals surface area contributed by atoms with E-state index in [0.29, 0.717) is 24.6 Å². The van der Waals surface area contributed by atoms with Gasteiger partial charge < -0.3 is 21.3 Å². The van der Waals surface area contributed by atoms with Crippen molar-refractivity contribution in [3.63, 3.8) is 0 Å². The summed E-state index contributed by atoms with van der Waals surface area (Å²) in [7, 11) is 0. The Kier molecular flexibility index (Phi) is 5.45. The highest BCUT2D eigenvalue weighted by molar-refractivity contribution is 5.94. The van der Waals surface area contributed by atoms with Crippen LogP contribution in [0.5, 0.6) is 11.5 Å². The van der Waals surface area contributed by atoms with Gasteiger partial charge in [0.05, 0.1) is 0 Å². The fraction of sp³-hybridized carbons (Fsp3) is 0.462. The maximum absolute atomic E-state index is 11.8. The molecule has 1 aromatic rings. The zero-order valence-corrected chi connectivity index (χ0v) is 10.5. The van der Waals surface area contributed by atoms with Crippen molar-refractivity contribution in [2.45, 2.75) is 19.8 Å².